The summed E-state index contributed by atoms with van der Waals surface area (Å²) < 4.78 is 26.2. The summed E-state index contributed by atoms with van der Waals surface area (Å²) in [6.07, 6.45) is 0. The molecule has 0 aliphatic heterocycles. The normalized spacial score (nSPS) is 10.4. The van der Waals surface area contributed by atoms with Crippen LogP contribution in [-0.4, -0.2) is 11.7 Å². The largest absolute Gasteiger partial charge is 0.380 e. The number of nitrogens with two attached hydrogens (primary N) is 1. The van der Waals surface area contributed by atoms with Crippen LogP contribution >= 0.6 is 11.8 Å². The van der Waals surface area contributed by atoms with Crippen molar-refractivity contribution in [1.29, 1.82) is 0 Å². The summed E-state index contributed by atoms with van der Waals surface area (Å²) >= 11 is 1.31. The van der Waals surface area contributed by atoms with Crippen molar-refractivity contribution < 1.29 is 13.6 Å². The van der Waals surface area contributed by atoms with Crippen LogP contribution in [0.2, 0.25) is 0 Å². The van der Waals surface area contributed by atoms with E-state index in [1.807, 2.05) is 24.3 Å². The Bertz CT molecular complexity index is 629. The Morgan fingerprint density at radius 3 is 2.48 bits per heavy atom. The third-order valence-electron chi connectivity index (χ3n) is 2.66. The van der Waals surface area contributed by atoms with Crippen LogP contribution in [0.4, 0.5) is 14.5 Å². The maximum Gasteiger partial charge on any atom is 0.227 e. The van der Waals surface area contributed by atoms with Gasteiger partial charge in [-0.1, -0.05) is 12.1 Å². The van der Waals surface area contributed by atoms with Crippen molar-refractivity contribution in [3.8, 4) is 0 Å². The van der Waals surface area contributed by atoms with Crippen LogP contribution in [0.15, 0.2) is 47.4 Å². The third kappa shape index (κ3) is 4.75. The summed E-state index contributed by atoms with van der Waals surface area (Å²) in [6, 6.07) is 10.7. The van der Waals surface area contributed by atoms with Crippen molar-refractivity contribution in [3.05, 3.63) is 59.7 Å². The highest BCUT2D eigenvalue weighted by Gasteiger charge is 2.05. The zero-order valence-electron chi connectivity index (χ0n) is 11.1. The Morgan fingerprint density at radius 2 is 1.81 bits per heavy atom. The molecule has 2 rings (SSSR count). The van der Waals surface area contributed by atoms with Gasteiger partial charge in [0.2, 0.25) is 5.91 Å². The zero-order valence-corrected chi connectivity index (χ0v) is 11.9. The average molecular weight is 308 g/mol. The van der Waals surface area contributed by atoms with Gasteiger partial charge in [-0.2, -0.15) is 0 Å². The standard InChI is InChI=1S/C15H14F2N2OS/c16-11-5-10(6-12(17)7-11)8-19-13-3-1-2-4-14(13)21-9-15(18)20/h1-7,19H,8-9H2,(H2,18,20). The third-order valence-corrected chi connectivity index (χ3v) is 3.76. The molecule has 21 heavy (non-hydrogen) atoms. The fourth-order valence-corrected chi connectivity index (χ4v) is 2.57. The lowest BCUT2D eigenvalue weighted by Gasteiger charge is -2.11. The van der Waals surface area contributed by atoms with Crippen LogP contribution in [0.3, 0.4) is 0 Å². The summed E-state index contributed by atoms with van der Waals surface area (Å²) in [6.45, 7) is 0.281. The van der Waals surface area contributed by atoms with Gasteiger partial charge >= 0.3 is 0 Å². The van der Waals surface area contributed by atoms with Crippen molar-refractivity contribution >= 4 is 23.4 Å². The molecule has 1 amide bonds. The molecule has 6 heteroatoms. The van der Waals surface area contributed by atoms with Crippen LogP contribution in [-0.2, 0) is 11.3 Å². The summed E-state index contributed by atoms with van der Waals surface area (Å²) in [4.78, 5) is 11.7. The van der Waals surface area contributed by atoms with Gasteiger partial charge in [-0.15, -0.1) is 11.8 Å². The lowest BCUT2D eigenvalue weighted by atomic mass is 10.2. The number of primary amides is 1. The number of benzene rings is 2. The molecule has 0 saturated heterocycles. The minimum Gasteiger partial charge on any atom is -0.380 e. The number of nitrogens with one attached hydrogen (secondary N) is 1. The fraction of sp³-hybridized carbons (Fsp3) is 0.133. The van der Waals surface area contributed by atoms with E-state index < -0.39 is 17.5 Å². The first-order chi connectivity index (χ1) is 10.0. The number of hydrogen-bond acceptors (Lipinski definition) is 3. The second-order valence-corrected chi connectivity index (χ2v) is 5.40. The van der Waals surface area contributed by atoms with Crippen LogP contribution in [0.25, 0.3) is 0 Å². The number of anilines is 1. The first kappa shape index (κ1) is 15.3. The molecular formula is C15H14F2N2OS. The maximum atomic E-state index is 13.1. The van der Waals surface area contributed by atoms with Gasteiger partial charge in [0.25, 0.3) is 0 Å². The van der Waals surface area contributed by atoms with Crippen LogP contribution in [0.5, 0.6) is 0 Å². The lowest BCUT2D eigenvalue weighted by Crippen LogP contribution is -2.13. The topological polar surface area (TPSA) is 55.1 Å². The summed E-state index contributed by atoms with van der Waals surface area (Å²) in [7, 11) is 0. The van der Waals surface area contributed by atoms with Crippen LogP contribution in [0, 0.1) is 11.6 Å². The second kappa shape index (κ2) is 7.08. The molecule has 0 saturated carbocycles. The summed E-state index contributed by atoms with van der Waals surface area (Å²) in [5.74, 6) is -1.44. The van der Waals surface area contributed by atoms with Crippen molar-refractivity contribution in [2.75, 3.05) is 11.1 Å². The van der Waals surface area contributed by atoms with E-state index in [0.29, 0.717) is 5.56 Å². The molecule has 0 unspecified atom stereocenters. The summed E-state index contributed by atoms with van der Waals surface area (Å²) in [5, 5.41) is 3.10. The zero-order chi connectivity index (χ0) is 15.2. The minimum absolute atomic E-state index is 0.174. The molecule has 0 aliphatic rings. The highest BCUT2D eigenvalue weighted by Crippen LogP contribution is 2.27. The molecule has 0 fully saturated rings. The number of thioether (sulfide) groups is 1. The minimum atomic E-state index is -0.608. The monoisotopic (exact) mass is 308 g/mol. The Hall–Kier alpha value is -2.08. The number of halogens is 2. The van der Waals surface area contributed by atoms with E-state index in [2.05, 4.69) is 5.32 Å². The van der Waals surface area contributed by atoms with Gasteiger partial charge in [-0.05, 0) is 29.8 Å². The van der Waals surface area contributed by atoms with Crippen molar-refractivity contribution in [1.82, 2.24) is 0 Å². The molecule has 0 spiro atoms. The molecule has 2 aromatic rings. The number of para-hydroxylation sites is 1. The SMILES string of the molecule is NC(=O)CSc1ccccc1NCc1cc(F)cc(F)c1. The number of amides is 1. The molecule has 0 aliphatic carbocycles. The average Bonchev–Trinajstić information content (AvgIpc) is 2.42. The maximum absolute atomic E-state index is 13.1. The predicted molar refractivity (Wildman–Crippen MR) is 80.0 cm³/mol. The smallest absolute Gasteiger partial charge is 0.227 e. The van der Waals surface area contributed by atoms with Gasteiger partial charge in [0.05, 0.1) is 5.75 Å². The Morgan fingerprint density at radius 1 is 1.14 bits per heavy atom. The Labute approximate surface area is 125 Å². The van der Waals surface area contributed by atoms with Crippen LogP contribution < -0.4 is 11.1 Å². The number of carbonyl (C=O) groups is 1. The van der Waals surface area contributed by atoms with E-state index >= 15 is 0 Å². The molecular weight excluding hydrogens is 294 g/mol. The highest BCUT2D eigenvalue weighted by atomic mass is 32.2. The van der Waals surface area contributed by atoms with E-state index in [0.717, 1.165) is 16.6 Å². The molecule has 3 N–H and O–H groups in total. The fourth-order valence-electron chi connectivity index (χ4n) is 1.80. The molecule has 0 heterocycles. The van der Waals surface area contributed by atoms with Gasteiger partial charge in [0, 0.05) is 23.2 Å². The molecule has 0 aromatic heterocycles. The van der Waals surface area contributed by atoms with Crippen LogP contribution in [0.1, 0.15) is 5.56 Å². The van der Waals surface area contributed by atoms with E-state index in [9.17, 15) is 13.6 Å². The van der Waals surface area contributed by atoms with Crippen molar-refractivity contribution in [2.24, 2.45) is 5.73 Å². The quantitative estimate of drug-likeness (QED) is 0.806. The first-order valence-electron chi connectivity index (χ1n) is 6.23. The molecule has 0 bridgehead atoms. The Balaban J connectivity index is 2.07. The lowest BCUT2D eigenvalue weighted by molar-refractivity contribution is -0.115. The van der Waals surface area contributed by atoms with Gasteiger partial charge in [-0.3, -0.25) is 4.79 Å². The predicted octanol–water partition coefficient (Wildman–Crippen LogP) is 3.15. The first-order valence-corrected chi connectivity index (χ1v) is 7.22. The van der Waals surface area contributed by atoms with E-state index in [4.69, 9.17) is 5.73 Å². The second-order valence-electron chi connectivity index (χ2n) is 4.38. The summed E-state index contributed by atoms with van der Waals surface area (Å²) in [5.41, 5.74) is 6.41. The highest BCUT2D eigenvalue weighted by molar-refractivity contribution is 8.00. The van der Waals surface area contributed by atoms with Gasteiger partial charge < -0.3 is 11.1 Å². The molecule has 110 valence electrons. The van der Waals surface area contributed by atoms with Gasteiger partial charge in [-0.25, -0.2) is 8.78 Å². The number of hydrogen-bond donors (Lipinski definition) is 2. The van der Waals surface area contributed by atoms with Gasteiger partial charge in [0.1, 0.15) is 11.6 Å². The molecule has 0 atom stereocenters. The van der Waals surface area contributed by atoms with Crippen molar-refractivity contribution in [3.63, 3.8) is 0 Å². The van der Waals surface area contributed by atoms with Crippen molar-refractivity contribution in [2.45, 2.75) is 11.4 Å². The molecule has 2 aromatic carbocycles. The molecule has 0 radical (unpaired) electrons. The number of rotatable bonds is 6. The van der Waals surface area contributed by atoms with Gasteiger partial charge in [0.15, 0.2) is 0 Å². The van der Waals surface area contributed by atoms with E-state index in [-0.39, 0.29) is 12.3 Å². The van der Waals surface area contributed by atoms with E-state index in [1.165, 1.54) is 23.9 Å². The Kier molecular flexibility index (Phi) is 5.16. The molecule has 3 nitrogen and oxygen atoms in total. The van der Waals surface area contributed by atoms with E-state index in [1.54, 1.807) is 0 Å². The number of carbonyl (C=O) groups excluding carboxylic acids is 1.